The average Bonchev–Trinajstić information content (AvgIpc) is 2.96. The van der Waals surface area contributed by atoms with Gasteiger partial charge in [0.2, 0.25) is 5.91 Å². The summed E-state index contributed by atoms with van der Waals surface area (Å²) >= 11 is 1.66. The van der Waals surface area contributed by atoms with Crippen molar-refractivity contribution in [3.63, 3.8) is 0 Å². The third-order valence-electron chi connectivity index (χ3n) is 3.58. The molecule has 1 heterocycles. The van der Waals surface area contributed by atoms with E-state index < -0.39 is 0 Å². The monoisotopic (exact) mass is 310 g/mol. The lowest BCUT2D eigenvalue weighted by Gasteiger charge is -2.13. The summed E-state index contributed by atoms with van der Waals surface area (Å²) in [5.41, 5.74) is 2.14. The number of nitrogens with one attached hydrogen (secondary N) is 1. The number of hydrogen-bond acceptors (Lipinski definition) is 3. The minimum atomic E-state index is 0.0315. The smallest absolute Gasteiger partial charge is 0.220 e. The van der Waals surface area contributed by atoms with E-state index in [9.17, 15) is 4.79 Å². The molecule has 0 aliphatic rings. The molecule has 4 heteroatoms. The highest BCUT2D eigenvalue weighted by molar-refractivity contribution is 7.18. The zero-order chi connectivity index (χ0) is 15.4. The predicted octanol–water partition coefficient (Wildman–Crippen LogP) is 4.11. The Bertz CT molecular complexity index is 734. The van der Waals surface area contributed by atoms with Crippen LogP contribution in [0.1, 0.15) is 30.0 Å². The van der Waals surface area contributed by atoms with Crippen LogP contribution < -0.4 is 5.32 Å². The zero-order valence-electron chi connectivity index (χ0n) is 12.5. The SMILES string of the molecule is C[C@H](NC(=O)CCc1nc2ccccc2s1)c1ccccc1. The van der Waals surface area contributed by atoms with E-state index in [4.69, 9.17) is 0 Å². The van der Waals surface area contributed by atoms with E-state index in [2.05, 4.69) is 16.4 Å². The molecule has 112 valence electrons. The van der Waals surface area contributed by atoms with Crippen LogP contribution in [-0.4, -0.2) is 10.9 Å². The number of amides is 1. The van der Waals surface area contributed by atoms with Crippen LogP contribution in [-0.2, 0) is 11.2 Å². The van der Waals surface area contributed by atoms with Gasteiger partial charge < -0.3 is 5.32 Å². The van der Waals surface area contributed by atoms with E-state index in [0.717, 1.165) is 16.1 Å². The normalized spacial score (nSPS) is 12.2. The first-order valence-electron chi connectivity index (χ1n) is 7.41. The first kappa shape index (κ1) is 14.7. The van der Waals surface area contributed by atoms with Gasteiger partial charge in [0.05, 0.1) is 21.3 Å². The van der Waals surface area contributed by atoms with Crippen molar-refractivity contribution in [3.8, 4) is 0 Å². The van der Waals surface area contributed by atoms with Crippen molar-refractivity contribution in [1.29, 1.82) is 0 Å². The Labute approximate surface area is 134 Å². The molecule has 3 nitrogen and oxygen atoms in total. The zero-order valence-corrected chi connectivity index (χ0v) is 13.3. The lowest BCUT2D eigenvalue weighted by molar-refractivity contribution is -0.121. The number of para-hydroxylation sites is 1. The number of benzene rings is 2. The summed E-state index contributed by atoms with van der Waals surface area (Å²) in [6.45, 7) is 2.00. The molecule has 2 aromatic carbocycles. The summed E-state index contributed by atoms with van der Waals surface area (Å²) in [4.78, 5) is 16.6. The molecule has 0 aliphatic heterocycles. The van der Waals surface area contributed by atoms with Crippen molar-refractivity contribution >= 4 is 27.5 Å². The fourth-order valence-electron chi connectivity index (χ4n) is 2.39. The summed E-state index contributed by atoms with van der Waals surface area (Å²) in [7, 11) is 0. The maximum absolute atomic E-state index is 12.1. The summed E-state index contributed by atoms with van der Waals surface area (Å²) in [5, 5.41) is 4.06. The number of aryl methyl sites for hydroxylation is 1. The fourth-order valence-corrected chi connectivity index (χ4v) is 3.35. The molecular formula is C18H18N2OS. The Morgan fingerprint density at radius 1 is 1.14 bits per heavy atom. The van der Waals surface area contributed by atoms with E-state index in [1.807, 2.05) is 55.5 Å². The number of hydrogen-bond donors (Lipinski definition) is 1. The van der Waals surface area contributed by atoms with Crippen molar-refractivity contribution in [2.24, 2.45) is 0 Å². The highest BCUT2D eigenvalue weighted by Crippen LogP contribution is 2.22. The summed E-state index contributed by atoms with van der Waals surface area (Å²) < 4.78 is 1.18. The van der Waals surface area contributed by atoms with Crippen molar-refractivity contribution in [2.45, 2.75) is 25.8 Å². The number of nitrogens with zero attached hydrogens (tertiary/aromatic N) is 1. The van der Waals surface area contributed by atoms with Crippen molar-refractivity contribution in [3.05, 3.63) is 65.2 Å². The average molecular weight is 310 g/mol. The lowest BCUT2D eigenvalue weighted by Crippen LogP contribution is -2.26. The Balaban J connectivity index is 1.56. The van der Waals surface area contributed by atoms with E-state index in [1.165, 1.54) is 4.70 Å². The van der Waals surface area contributed by atoms with Gasteiger partial charge in [-0.2, -0.15) is 0 Å². The Morgan fingerprint density at radius 2 is 1.86 bits per heavy atom. The van der Waals surface area contributed by atoms with Crippen LogP contribution in [0.15, 0.2) is 54.6 Å². The van der Waals surface area contributed by atoms with Gasteiger partial charge in [-0.1, -0.05) is 42.5 Å². The van der Waals surface area contributed by atoms with Crippen LogP contribution in [0.4, 0.5) is 0 Å². The first-order valence-corrected chi connectivity index (χ1v) is 8.23. The Morgan fingerprint density at radius 3 is 2.64 bits per heavy atom. The van der Waals surface area contributed by atoms with E-state index >= 15 is 0 Å². The van der Waals surface area contributed by atoms with E-state index in [1.54, 1.807) is 11.3 Å². The van der Waals surface area contributed by atoms with Crippen LogP contribution in [0, 0.1) is 0 Å². The van der Waals surface area contributed by atoms with Gasteiger partial charge in [0.1, 0.15) is 0 Å². The summed E-state index contributed by atoms with van der Waals surface area (Å²) in [6, 6.07) is 18.1. The van der Waals surface area contributed by atoms with Crippen LogP contribution in [0.5, 0.6) is 0 Å². The van der Waals surface area contributed by atoms with Gasteiger partial charge in [0.15, 0.2) is 0 Å². The lowest BCUT2D eigenvalue weighted by atomic mass is 10.1. The number of rotatable bonds is 5. The second-order valence-electron chi connectivity index (χ2n) is 5.28. The largest absolute Gasteiger partial charge is 0.350 e. The van der Waals surface area contributed by atoms with Gasteiger partial charge in [-0.3, -0.25) is 4.79 Å². The molecule has 0 fully saturated rings. The number of carbonyl (C=O) groups excluding carboxylic acids is 1. The molecule has 0 saturated carbocycles. The summed E-state index contributed by atoms with van der Waals surface area (Å²) in [5.74, 6) is 0.0654. The third-order valence-corrected chi connectivity index (χ3v) is 4.68. The molecule has 1 aromatic heterocycles. The molecule has 1 N–H and O–H groups in total. The van der Waals surface area contributed by atoms with Crippen molar-refractivity contribution < 1.29 is 4.79 Å². The number of aromatic nitrogens is 1. The van der Waals surface area contributed by atoms with Gasteiger partial charge in [0.25, 0.3) is 0 Å². The maximum Gasteiger partial charge on any atom is 0.220 e. The highest BCUT2D eigenvalue weighted by atomic mass is 32.1. The molecule has 0 unspecified atom stereocenters. The Kier molecular flexibility index (Phi) is 4.49. The molecular weight excluding hydrogens is 292 g/mol. The Hall–Kier alpha value is -2.20. The van der Waals surface area contributed by atoms with Crippen LogP contribution >= 0.6 is 11.3 Å². The van der Waals surface area contributed by atoms with E-state index in [-0.39, 0.29) is 11.9 Å². The van der Waals surface area contributed by atoms with Crippen LogP contribution in [0.3, 0.4) is 0 Å². The van der Waals surface area contributed by atoms with Gasteiger partial charge >= 0.3 is 0 Å². The van der Waals surface area contributed by atoms with E-state index in [0.29, 0.717) is 12.8 Å². The molecule has 0 bridgehead atoms. The van der Waals surface area contributed by atoms with Crippen molar-refractivity contribution in [1.82, 2.24) is 10.3 Å². The molecule has 0 radical (unpaired) electrons. The fraction of sp³-hybridized carbons (Fsp3) is 0.222. The molecule has 0 aliphatic carbocycles. The molecule has 0 saturated heterocycles. The van der Waals surface area contributed by atoms with Gasteiger partial charge in [0, 0.05) is 12.8 Å². The standard InChI is InChI=1S/C18H18N2OS/c1-13(14-7-3-2-4-8-14)19-17(21)11-12-18-20-15-9-5-6-10-16(15)22-18/h2-10,13H,11-12H2,1H3,(H,19,21)/t13-/m0/s1. The molecule has 1 atom stereocenters. The second-order valence-corrected chi connectivity index (χ2v) is 6.39. The van der Waals surface area contributed by atoms with Crippen LogP contribution in [0.2, 0.25) is 0 Å². The minimum absolute atomic E-state index is 0.0315. The van der Waals surface area contributed by atoms with Gasteiger partial charge in [-0.05, 0) is 24.6 Å². The molecule has 22 heavy (non-hydrogen) atoms. The second kappa shape index (κ2) is 6.71. The van der Waals surface area contributed by atoms with Crippen LogP contribution in [0.25, 0.3) is 10.2 Å². The highest BCUT2D eigenvalue weighted by Gasteiger charge is 2.10. The number of carbonyl (C=O) groups is 1. The van der Waals surface area contributed by atoms with Gasteiger partial charge in [-0.15, -0.1) is 11.3 Å². The number of fused-ring (bicyclic) bond motifs is 1. The minimum Gasteiger partial charge on any atom is -0.350 e. The number of thiazole rings is 1. The molecule has 3 rings (SSSR count). The topological polar surface area (TPSA) is 42.0 Å². The first-order chi connectivity index (χ1) is 10.7. The quantitative estimate of drug-likeness (QED) is 0.770. The molecule has 1 amide bonds. The van der Waals surface area contributed by atoms with Gasteiger partial charge in [-0.25, -0.2) is 4.98 Å². The molecule has 3 aromatic rings. The molecule has 0 spiro atoms. The maximum atomic E-state index is 12.1. The van der Waals surface area contributed by atoms with Crippen molar-refractivity contribution in [2.75, 3.05) is 0 Å². The summed E-state index contributed by atoms with van der Waals surface area (Å²) in [6.07, 6.45) is 1.16. The third kappa shape index (κ3) is 3.52. The predicted molar refractivity (Wildman–Crippen MR) is 90.9 cm³/mol.